The summed E-state index contributed by atoms with van der Waals surface area (Å²) < 4.78 is 1.87. The maximum atomic E-state index is 12.6. The van der Waals surface area contributed by atoms with Gasteiger partial charge in [0.2, 0.25) is 5.91 Å². The second kappa shape index (κ2) is 9.83. The van der Waals surface area contributed by atoms with Gasteiger partial charge in [-0.25, -0.2) is 9.67 Å². The normalized spacial score (nSPS) is 14.2. The lowest BCUT2D eigenvalue weighted by molar-refractivity contribution is -0.130. The van der Waals surface area contributed by atoms with E-state index in [0.29, 0.717) is 11.4 Å². The van der Waals surface area contributed by atoms with Gasteiger partial charge in [0.05, 0.1) is 17.9 Å². The Kier molecular flexibility index (Phi) is 6.69. The van der Waals surface area contributed by atoms with Crippen molar-refractivity contribution < 1.29 is 4.79 Å². The zero-order valence-electron chi connectivity index (χ0n) is 19.3. The number of amides is 1. The molecule has 1 saturated heterocycles. The molecule has 172 valence electrons. The molecule has 0 radical (unpaired) electrons. The van der Waals surface area contributed by atoms with E-state index in [1.54, 1.807) is 6.20 Å². The average molecular weight is 447 g/mol. The lowest BCUT2D eigenvalue weighted by Crippen LogP contribution is -2.48. The SMILES string of the molecule is CNc1c(C)c(-c2cnc(NCC(=O)N3CCN(C)CC3)c(C=N)c2)nn1-c1ccccc1. The number of hydrogen-bond acceptors (Lipinski definition) is 7. The van der Waals surface area contributed by atoms with Crippen LogP contribution in [0.5, 0.6) is 0 Å². The number of carbonyl (C=O) groups is 1. The number of nitrogens with zero attached hydrogens (tertiary/aromatic N) is 5. The second-order valence-corrected chi connectivity index (χ2v) is 8.16. The van der Waals surface area contributed by atoms with Crippen molar-refractivity contribution in [2.24, 2.45) is 0 Å². The smallest absolute Gasteiger partial charge is 0.242 e. The molecule has 1 aromatic carbocycles. The van der Waals surface area contributed by atoms with Crippen LogP contribution in [0.25, 0.3) is 16.9 Å². The third kappa shape index (κ3) is 4.73. The highest BCUT2D eigenvalue weighted by atomic mass is 16.2. The van der Waals surface area contributed by atoms with E-state index < -0.39 is 0 Å². The van der Waals surface area contributed by atoms with E-state index in [1.165, 1.54) is 6.21 Å². The Balaban J connectivity index is 1.55. The molecule has 0 aliphatic carbocycles. The molecule has 1 amide bonds. The van der Waals surface area contributed by atoms with Crippen LogP contribution in [0, 0.1) is 12.3 Å². The first-order valence-corrected chi connectivity index (χ1v) is 11.1. The predicted molar refractivity (Wildman–Crippen MR) is 132 cm³/mol. The van der Waals surface area contributed by atoms with E-state index in [1.807, 2.05) is 60.0 Å². The van der Waals surface area contributed by atoms with Crippen LogP contribution in [-0.2, 0) is 4.79 Å². The Morgan fingerprint density at radius 1 is 1.18 bits per heavy atom. The molecule has 0 atom stereocenters. The van der Waals surface area contributed by atoms with E-state index in [4.69, 9.17) is 10.5 Å². The van der Waals surface area contributed by atoms with Crippen molar-refractivity contribution in [3.8, 4) is 16.9 Å². The molecule has 0 spiro atoms. The number of para-hydroxylation sites is 1. The monoisotopic (exact) mass is 446 g/mol. The molecule has 0 bridgehead atoms. The fourth-order valence-corrected chi connectivity index (χ4v) is 4.02. The molecule has 4 rings (SSSR count). The number of piperazine rings is 1. The number of carbonyl (C=O) groups excluding carboxylic acids is 1. The molecule has 1 aliphatic heterocycles. The number of hydrogen-bond donors (Lipinski definition) is 3. The standard InChI is InChI=1S/C24H30N8O/c1-17-22(29-32(24(17)26-2)20-7-5-4-6-8-20)19-13-18(14-25)23(27-15-19)28-16-21(33)31-11-9-30(3)10-12-31/h4-8,13-15,25-26H,9-12,16H2,1-3H3,(H,27,28). The van der Waals surface area contributed by atoms with Crippen LogP contribution >= 0.6 is 0 Å². The van der Waals surface area contributed by atoms with Crippen LogP contribution in [0.2, 0.25) is 0 Å². The minimum atomic E-state index is 0.0426. The zero-order chi connectivity index (χ0) is 23.4. The summed E-state index contributed by atoms with van der Waals surface area (Å²) in [5.74, 6) is 1.46. The Labute approximate surface area is 193 Å². The van der Waals surface area contributed by atoms with Gasteiger partial charge in [0.25, 0.3) is 0 Å². The zero-order valence-corrected chi connectivity index (χ0v) is 19.3. The van der Waals surface area contributed by atoms with Gasteiger partial charge < -0.3 is 25.8 Å². The van der Waals surface area contributed by atoms with Gasteiger partial charge in [0, 0.05) is 62.3 Å². The lowest BCUT2D eigenvalue weighted by atomic mass is 10.1. The summed E-state index contributed by atoms with van der Waals surface area (Å²) in [7, 11) is 3.94. The van der Waals surface area contributed by atoms with Gasteiger partial charge in [-0.3, -0.25) is 4.79 Å². The first-order valence-electron chi connectivity index (χ1n) is 11.1. The number of aromatic nitrogens is 3. The van der Waals surface area contributed by atoms with E-state index in [0.717, 1.165) is 54.5 Å². The van der Waals surface area contributed by atoms with Gasteiger partial charge in [-0.2, -0.15) is 5.10 Å². The second-order valence-electron chi connectivity index (χ2n) is 8.16. The topological polar surface area (TPSA) is 102 Å². The summed E-state index contributed by atoms with van der Waals surface area (Å²) in [6, 6.07) is 11.8. The summed E-state index contributed by atoms with van der Waals surface area (Å²) in [6.07, 6.45) is 2.99. The number of anilines is 2. The van der Waals surface area contributed by atoms with Gasteiger partial charge in [0.15, 0.2) is 0 Å². The number of pyridine rings is 1. The first kappa shape index (κ1) is 22.5. The highest BCUT2D eigenvalue weighted by Gasteiger charge is 2.20. The van der Waals surface area contributed by atoms with E-state index in [-0.39, 0.29) is 12.5 Å². The molecule has 9 nitrogen and oxygen atoms in total. The van der Waals surface area contributed by atoms with Gasteiger partial charge in [-0.1, -0.05) is 18.2 Å². The van der Waals surface area contributed by atoms with Crippen molar-refractivity contribution in [3.63, 3.8) is 0 Å². The molecule has 3 N–H and O–H groups in total. The number of rotatable bonds is 7. The van der Waals surface area contributed by atoms with Gasteiger partial charge in [0.1, 0.15) is 11.6 Å². The van der Waals surface area contributed by atoms with Crippen molar-refractivity contribution in [2.45, 2.75) is 6.92 Å². The van der Waals surface area contributed by atoms with Crippen LogP contribution in [0.1, 0.15) is 11.1 Å². The summed E-state index contributed by atoms with van der Waals surface area (Å²) in [5, 5.41) is 19.0. The van der Waals surface area contributed by atoms with Crippen LogP contribution in [0.3, 0.4) is 0 Å². The Hall–Kier alpha value is -3.72. The summed E-state index contributed by atoms with van der Waals surface area (Å²) >= 11 is 0. The van der Waals surface area contributed by atoms with Crippen molar-refractivity contribution in [1.82, 2.24) is 24.6 Å². The van der Waals surface area contributed by atoms with Crippen LogP contribution in [0.15, 0.2) is 42.6 Å². The van der Waals surface area contributed by atoms with Gasteiger partial charge in [-0.05, 0) is 32.2 Å². The Bertz CT molecular complexity index is 1130. The average Bonchev–Trinajstić information content (AvgIpc) is 3.19. The van der Waals surface area contributed by atoms with Crippen molar-refractivity contribution in [1.29, 1.82) is 5.41 Å². The fourth-order valence-electron chi connectivity index (χ4n) is 4.02. The van der Waals surface area contributed by atoms with E-state index in [2.05, 4.69) is 27.6 Å². The van der Waals surface area contributed by atoms with Gasteiger partial charge >= 0.3 is 0 Å². The molecule has 1 aliphatic rings. The third-order valence-corrected chi connectivity index (χ3v) is 5.97. The minimum Gasteiger partial charge on any atom is -0.373 e. The Morgan fingerprint density at radius 3 is 2.58 bits per heavy atom. The molecule has 33 heavy (non-hydrogen) atoms. The molecule has 0 unspecified atom stereocenters. The number of benzene rings is 1. The maximum absolute atomic E-state index is 12.6. The Morgan fingerprint density at radius 2 is 1.91 bits per heavy atom. The molecule has 2 aromatic heterocycles. The number of likely N-dealkylation sites (N-methyl/N-ethyl adjacent to an activating group) is 1. The predicted octanol–water partition coefficient (Wildman–Crippen LogP) is 2.47. The fraction of sp³-hybridized carbons (Fsp3) is 0.333. The van der Waals surface area contributed by atoms with Crippen molar-refractivity contribution in [3.05, 3.63) is 53.7 Å². The summed E-state index contributed by atoms with van der Waals surface area (Å²) in [5.41, 5.74) is 4.16. The van der Waals surface area contributed by atoms with Crippen molar-refractivity contribution in [2.75, 3.05) is 57.5 Å². The van der Waals surface area contributed by atoms with Crippen LogP contribution in [0.4, 0.5) is 11.6 Å². The molecule has 9 heteroatoms. The largest absolute Gasteiger partial charge is 0.373 e. The summed E-state index contributed by atoms with van der Waals surface area (Å²) in [6.45, 7) is 5.40. The molecular formula is C24H30N8O. The molecule has 0 saturated carbocycles. The summed E-state index contributed by atoms with van der Waals surface area (Å²) in [4.78, 5) is 21.2. The lowest BCUT2D eigenvalue weighted by Gasteiger charge is -2.32. The molecular weight excluding hydrogens is 416 g/mol. The van der Waals surface area contributed by atoms with Gasteiger partial charge in [-0.15, -0.1) is 0 Å². The number of nitrogens with one attached hydrogen (secondary N) is 3. The van der Waals surface area contributed by atoms with Crippen LogP contribution < -0.4 is 10.6 Å². The molecule has 3 aromatic rings. The highest BCUT2D eigenvalue weighted by molar-refractivity contribution is 5.89. The van der Waals surface area contributed by atoms with E-state index >= 15 is 0 Å². The maximum Gasteiger partial charge on any atom is 0.242 e. The molecule has 3 heterocycles. The van der Waals surface area contributed by atoms with Crippen molar-refractivity contribution >= 4 is 23.8 Å². The highest BCUT2D eigenvalue weighted by Crippen LogP contribution is 2.31. The quantitative estimate of drug-likeness (QED) is 0.482. The third-order valence-electron chi connectivity index (χ3n) is 5.97. The first-order chi connectivity index (χ1) is 16.0. The minimum absolute atomic E-state index is 0.0426. The van der Waals surface area contributed by atoms with E-state index in [9.17, 15) is 4.79 Å². The van der Waals surface area contributed by atoms with Crippen LogP contribution in [-0.4, -0.2) is 83.5 Å². The molecule has 1 fully saturated rings.